The Labute approximate surface area is 188 Å². The summed E-state index contributed by atoms with van der Waals surface area (Å²) in [7, 11) is 0. The zero-order chi connectivity index (χ0) is 22.2. The van der Waals surface area contributed by atoms with Crippen molar-refractivity contribution in [3.63, 3.8) is 0 Å². The Balaban J connectivity index is 1.40. The van der Waals surface area contributed by atoms with Crippen molar-refractivity contribution in [2.45, 2.75) is 13.5 Å². The van der Waals surface area contributed by atoms with Gasteiger partial charge in [0.05, 0.1) is 17.7 Å². The molecule has 0 spiro atoms. The fraction of sp³-hybridized carbons (Fsp3) is 0.120. The van der Waals surface area contributed by atoms with E-state index in [0.717, 1.165) is 11.1 Å². The number of hydrogen-bond donors (Lipinski definition) is 0. The molecule has 2 aliphatic heterocycles. The predicted octanol–water partition coefficient (Wildman–Crippen LogP) is 5.35. The Hall–Kier alpha value is -3.61. The molecule has 2 aliphatic rings. The lowest BCUT2D eigenvalue weighted by Gasteiger charge is -2.20. The number of hydrogen-bond acceptors (Lipinski definition) is 6. The highest BCUT2D eigenvalue weighted by Crippen LogP contribution is 2.38. The molecule has 0 atom stereocenters. The van der Waals surface area contributed by atoms with E-state index in [9.17, 15) is 9.59 Å². The summed E-state index contributed by atoms with van der Waals surface area (Å²) in [6.07, 6.45) is 1.59. The normalized spacial score (nSPS) is 15.6. The molecule has 0 N–H and O–H groups in total. The Morgan fingerprint density at radius 2 is 1.91 bits per heavy atom. The molecular weight excluding hydrogens is 432 g/mol. The van der Waals surface area contributed by atoms with Gasteiger partial charge in [-0.1, -0.05) is 29.3 Å². The maximum atomic E-state index is 12.8. The van der Waals surface area contributed by atoms with Gasteiger partial charge in [0.25, 0.3) is 0 Å². The maximum Gasteiger partial charge on any atom is 0.343 e. The molecular formula is C25H17ClO6. The van der Waals surface area contributed by atoms with Gasteiger partial charge in [-0.15, -0.1) is 0 Å². The minimum atomic E-state index is -0.491. The number of fused-ring (bicyclic) bond motifs is 2. The topological polar surface area (TPSA) is 71.1 Å². The van der Waals surface area contributed by atoms with Crippen LogP contribution in [0.2, 0.25) is 5.02 Å². The third kappa shape index (κ3) is 3.86. The molecule has 5 rings (SSSR count). The van der Waals surface area contributed by atoms with Gasteiger partial charge < -0.3 is 18.9 Å². The van der Waals surface area contributed by atoms with Gasteiger partial charge in [-0.05, 0) is 49.4 Å². The van der Waals surface area contributed by atoms with Crippen LogP contribution in [0.5, 0.6) is 17.2 Å². The molecule has 0 bridgehead atoms. The summed E-state index contributed by atoms with van der Waals surface area (Å²) in [6.45, 7) is 2.43. The molecule has 0 aromatic heterocycles. The molecule has 0 saturated heterocycles. The fourth-order valence-electron chi connectivity index (χ4n) is 3.54. The van der Waals surface area contributed by atoms with Gasteiger partial charge in [-0.25, -0.2) is 4.79 Å². The number of halogens is 1. The van der Waals surface area contributed by atoms with Crippen molar-refractivity contribution in [2.24, 2.45) is 0 Å². The summed E-state index contributed by atoms with van der Waals surface area (Å²) >= 11 is 6.21. The Kier molecular flexibility index (Phi) is 5.17. The number of carbonyl (C=O) groups is 2. The monoisotopic (exact) mass is 448 g/mol. The van der Waals surface area contributed by atoms with E-state index in [4.69, 9.17) is 30.5 Å². The first kappa shape index (κ1) is 20.3. The Morgan fingerprint density at radius 3 is 2.72 bits per heavy atom. The third-order valence-electron chi connectivity index (χ3n) is 5.13. The Morgan fingerprint density at radius 1 is 1.09 bits per heavy atom. The van der Waals surface area contributed by atoms with Crippen molar-refractivity contribution in [2.75, 3.05) is 6.79 Å². The lowest BCUT2D eigenvalue weighted by atomic mass is 10.1. The second kappa shape index (κ2) is 8.15. The van der Waals surface area contributed by atoms with Crippen molar-refractivity contribution < 1.29 is 28.5 Å². The first-order valence-electron chi connectivity index (χ1n) is 9.88. The molecule has 0 fully saturated rings. The van der Waals surface area contributed by atoms with Crippen LogP contribution in [-0.2, 0) is 11.3 Å². The second-order valence-corrected chi connectivity index (χ2v) is 7.88. The van der Waals surface area contributed by atoms with E-state index in [1.165, 1.54) is 6.07 Å². The van der Waals surface area contributed by atoms with Gasteiger partial charge in [0.15, 0.2) is 12.6 Å². The van der Waals surface area contributed by atoms with Crippen molar-refractivity contribution >= 4 is 29.4 Å². The molecule has 0 saturated carbocycles. The van der Waals surface area contributed by atoms with Crippen LogP contribution >= 0.6 is 11.6 Å². The van der Waals surface area contributed by atoms with E-state index >= 15 is 0 Å². The zero-order valence-electron chi connectivity index (χ0n) is 17.0. The lowest BCUT2D eigenvalue weighted by Crippen LogP contribution is -2.12. The summed E-state index contributed by atoms with van der Waals surface area (Å²) in [5.74, 6) is 0.557. The smallest absolute Gasteiger partial charge is 0.343 e. The summed E-state index contributed by atoms with van der Waals surface area (Å²) in [5.41, 5.74) is 3.28. The number of Topliss-reactive ketones (excluding diaryl/α,β-unsaturated/α-hetero) is 1. The minimum Gasteiger partial charge on any atom is -0.467 e. The number of rotatable bonds is 3. The predicted molar refractivity (Wildman–Crippen MR) is 117 cm³/mol. The molecule has 160 valence electrons. The molecule has 0 unspecified atom stereocenters. The Bertz CT molecular complexity index is 1280. The fourth-order valence-corrected chi connectivity index (χ4v) is 3.79. The van der Waals surface area contributed by atoms with Crippen LogP contribution in [0.15, 0.2) is 60.4 Å². The lowest BCUT2D eigenvalue weighted by molar-refractivity contribution is -0.0165. The van der Waals surface area contributed by atoms with Crippen LogP contribution < -0.4 is 14.2 Å². The number of benzene rings is 3. The number of ketones is 1. The van der Waals surface area contributed by atoms with E-state index in [2.05, 4.69) is 0 Å². The molecule has 7 heteroatoms. The van der Waals surface area contributed by atoms with Crippen LogP contribution in [0.3, 0.4) is 0 Å². The minimum absolute atomic E-state index is 0.121. The van der Waals surface area contributed by atoms with Crippen LogP contribution in [0.4, 0.5) is 0 Å². The molecule has 3 aromatic carbocycles. The van der Waals surface area contributed by atoms with Crippen LogP contribution in [0.1, 0.15) is 37.4 Å². The summed E-state index contributed by atoms with van der Waals surface area (Å²) in [5, 5.41) is 0.498. The molecule has 3 aromatic rings. The average Bonchev–Trinajstić information content (AvgIpc) is 3.08. The molecule has 0 amide bonds. The number of carbonyl (C=O) groups excluding carboxylic acids is 2. The van der Waals surface area contributed by atoms with Gasteiger partial charge in [0.1, 0.15) is 17.2 Å². The van der Waals surface area contributed by atoms with Crippen molar-refractivity contribution in [3.05, 3.63) is 93.2 Å². The van der Waals surface area contributed by atoms with E-state index in [0.29, 0.717) is 39.8 Å². The van der Waals surface area contributed by atoms with Crippen molar-refractivity contribution in [3.8, 4) is 17.2 Å². The molecule has 0 radical (unpaired) electrons. The third-order valence-corrected chi connectivity index (χ3v) is 5.35. The van der Waals surface area contributed by atoms with Gasteiger partial charge in [-0.3, -0.25) is 4.79 Å². The van der Waals surface area contributed by atoms with E-state index in [1.807, 2.05) is 19.1 Å². The average molecular weight is 449 g/mol. The van der Waals surface area contributed by atoms with Gasteiger partial charge in [0.2, 0.25) is 5.78 Å². The highest BCUT2D eigenvalue weighted by Gasteiger charge is 2.29. The van der Waals surface area contributed by atoms with Gasteiger partial charge in [0, 0.05) is 22.2 Å². The highest BCUT2D eigenvalue weighted by atomic mass is 35.5. The standard InChI is InChI=1S/C25H17ClO6/c1-14-2-4-15(5-3-14)25(28)31-19-6-7-20-21(11-19)32-22(23(20)27)10-16-8-18(26)9-17-12-29-13-30-24(16)17/h2-11H,12-13H2,1H3. The van der Waals surface area contributed by atoms with E-state index < -0.39 is 5.97 Å². The van der Waals surface area contributed by atoms with Gasteiger partial charge >= 0.3 is 5.97 Å². The highest BCUT2D eigenvalue weighted by molar-refractivity contribution is 6.31. The van der Waals surface area contributed by atoms with Crippen molar-refractivity contribution in [1.29, 1.82) is 0 Å². The number of esters is 1. The first-order chi connectivity index (χ1) is 15.5. The number of allylic oxidation sites excluding steroid dienone is 1. The molecule has 2 heterocycles. The molecule has 6 nitrogen and oxygen atoms in total. The van der Waals surface area contributed by atoms with E-state index in [-0.39, 0.29) is 24.1 Å². The SMILES string of the molecule is Cc1ccc(C(=O)Oc2ccc3c(c2)OC(=Cc2cc(Cl)cc4c2OCOC4)C3=O)cc1. The van der Waals surface area contributed by atoms with Crippen LogP contribution in [-0.4, -0.2) is 18.5 Å². The number of ether oxygens (including phenoxy) is 4. The molecule has 32 heavy (non-hydrogen) atoms. The quantitative estimate of drug-likeness (QED) is 0.305. The van der Waals surface area contributed by atoms with E-state index in [1.54, 1.807) is 42.5 Å². The van der Waals surface area contributed by atoms with Crippen molar-refractivity contribution in [1.82, 2.24) is 0 Å². The molecule has 0 aliphatic carbocycles. The zero-order valence-corrected chi connectivity index (χ0v) is 17.8. The first-order valence-corrected chi connectivity index (χ1v) is 10.3. The van der Waals surface area contributed by atoms with Crippen LogP contribution in [0.25, 0.3) is 6.08 Å². The largest absolute Gasteiger partial charge is 0.467 e. The second-order valence-electron chi connectivity index (χ2n) is 7.45. The maximum absolute atomic E-state index is 12.8. The summed E-state index contributed by atoms with van der Waals surface area (Å²) in [6, 6.07) is 15.2. The summed E-state index contributed by atoms with van der Waals surface area (Å²) in [4.78, 5) is 25.2. The number of aryl methyl sites for hydroxylation is 1. The van der Waals surface area contributed by atoms with Crippen LogP contribution in [0, 0.1) is 6.92 Å². The summed E-state index contributed by atoms with van der Waals surface area (Å²) < 4.78 is 22.1. The van der Waals surface area contributed by atoms with Gasteiger partial charge in [-0.2, -0.15) is 0 Å².